The van der Waals surface area contributed by atoms with Gasteiger partial charge in [-0.05, 0) is 35.9 Å². The van der Waals surface area contributed by atoms with E-state index in [-0.39, 0.29) is 51.3 Å². The largest absolute Gasteiger partial charge is 0.505 e. The van der Waals surface area contributed by atoms with E-state index < -0.39 is 28.8 Å². The van der Waals surface area contributed by atoms with Crippen LogP contribution in [0.4, 0.5) is 15.8 Å². The summed E-state index contributed by atoms with van der Waals surface area (Å²) < 4.78 is 64.0. The number of nitrogens with zero attached hydrogens (tertiary/aromatic N) is 2. The van der Waals surface area contributed by atoms with Crippen molar-refractivity contribution in [3.8, 4) is 11.6 Å². The lowest BCUT2D eigenvalue weighted by Gasteiger charge is -2.24. The lowest BCUT2D eigenvalue weighted by atomic mass is 9.91. The molecule has 0 radical (unpaired) electrons. The highest BCUT2D eigenvalue weighted by atomic mass is 35.5. The fraction of sp³-hybridized carbons (Fsp3) is 0.292. The van der Waals surface area contributed by atoms with Crippen LogP contribution in [0.25, 0.3) is 0 Å². The van der Waals surface area contributed by atoms with E-state index >= 15 is 0 Å². The first-order chi connectivity index (χ1) is 17.5. The van der Waals surface area contributed by atoms with E-state index in [4.69, 9.17) is 16.1 Å². The Morgan fingerprint density at radius 2 is 1.89 bits per heavy atom. The molecule has 0 fully saturated rings. The maximum atomic E-state index is 13.8. The standard InChI is InChI=1S/C24H27ClFN4O6PS/c1-24(2,3)21-20(31)19(23(32)30(21)12-13-6-8-16(26)15(25)10-13)22-27-17-9-7-14(29-38(5,34)35)11-18(17)37(33,28-22)36-4/h6-11,29,31-32H,12H2,1-5H3,(H,27,28,33). The molecular formula is C24H27ClFN4O6PS. The number of fused-ring (bicyclic) bond motifs is 1. The van der Waals surface area contributed by atoms with E-state index in [1.807, 2.05) is 20.8 Å². The summed E-state index contributed by atoms with van der Waals surface area (Å²) in [6.45, 7) is 5.54. The van der Waals surface area contributed by atoms with E-state index in [1.54, 1.807) is 0 Å². The van der Waals surface area contributed by atoms with Crippen molar-refractivity contribution in [2.75, 3.05) is 23.4 Å². The van der Waals surface area contributed by atoms with Gasteiger partial charge >= 0.3 is 7.52 Å². The first kappa shape index (κ1) is 28.0. The minimum atomic E-state index is -3.96. The van der Waals surface area contributed by atoms with E-state index in [0.29, 0.717) is 11.3 Å². The van der Waals surface area contributed by atoms with Crippen molar-refractivity contribution in [1.82, 2.24) is 4.57 Å². The van der Waals surface area contributed by atoms with Crippen LogP contribution in [-0.2, 0) is 31.1 Å². The Labute approximate surface area is 224 Å². The third kappa shape index (κ3) is 5.26. The van der Waals surface area contributed by atoms with Crippen molar-refractivity contribution < 1.29 is 32.1 Å². The van der Waals surface area contributed by atoms with Crippen LogP contribution in [-0.4, -0.2) is 42.4 Å². The lowest BCUT2D eigenvalue weighted by Crippen LogP contribution is -2.26. The Morgan fingerprint density at radius 3 is 2.47 bits per heavy atom. The lowest BCUT2D eigenvalue weighted by molar-refractivity contribution is 0.401. The number of hydrogen-bond donors (Lipinski definition) is 4. The second kappa shape index (κ2) is 9.60. The molecule has 1 aromatic heterocycles. The Hall–Kier alpha value is -3.05. The van der Waals surface area contributed by atoms with Gasteiger partial charge in [0.2, 0.25) is 15.9 Å². The normalized spacial score (nSPS) is 17.5. The number of halogens is 2. The molecule has 2 aromatic carbocycles. The molecule has 0 saturated heterocycles. The maximum absolute atomic E-state index is 13.8. The number of sulfonamides is 1. The monoisotopic (exact) mass is 584 g/mol. The summed E-state index contributed by atoms with van der Waals surface area (Å²) in [7, 11) is -6.37. The van der Waals surface area contributed by atoms with E-state index in [9.17, 15) is 27.6 Å². The summed E-state index contributed by atoms with van der Waals surface area (Å²) in [6.07, 6.45) is 0.986. The van der Waals surface area contributed by atoms with Crippen LogP contribution in [0, 0.1) is 5.82 Å². The number of anilines is 2. The van der Waals surface area contributed by atoms with E-state index in [1.165, 1.54) is 48.1 Å². The molecule has 1 unspecified atom stereocenters. The molecule has 0 amide bonds. The molecule has 14 heteroatoms. The topological polar surface area (TPSA) is 142 Å². The van der Waals surface area contributed by atoms with Crippen molar-refractivity contribution >= 4 is 51.7 Å². The molecule has 1 aliphatic heterocycles. The second-order valence-electron chi connectivity index (χ2n) is 9.86. The molecule has 38 heavy (non-hydrogen) atoms. The number of benzene rings is 2. The van der Waals surface area contributed by atoms with Crippen LogP contribution in [0.1, 0.15) is 37.6 Å². The summed E-state index contributed by atoms with van der Waals surface area (Å²) in [4.78, 5) is 0. The zero-order valence-electron chi connectivity index (χ0n) is 21.2. The highest BCUT2D eigenvalue weighted by molar-refractivity contribution is 7.92. The smallest absolute Gasteiger partial charge is 0.348 e. The fourth-order valence-corrected chi connectivity index (χ4v) is 6.58. The molecule has 4 N–H and O–H groups in total. The summed E-state index contributed by atoms with van der Waals surface area (Å²) in [5, 5.41) is 25.6. The highest BCUT2D eigenvalue weighted by Crippen LogP contribution is 2.53. The van der Waals surface area contributed by atoms with Gasteiger partial charge in [0.1, 0.15) is 11.4 Å². The second-order valence-corrected chi connectivity index (χ2v) is 14.1. The van der Waals surface area contributed by atoms with Gasteiger partial charge in [-0.15, -0.1) is 0 Å². The van der Waals surface area contributed by atoms with Gasteiger partial charge in [0.15, 0.2) is 11.6 Å². The average molecular weight is 585 g/mol. The number of amidine groups is 1. The molecule has 1 atom stereocenters. The van der Waals surface area contributed by atoms with Crippen LogP contribution in [0.5, 0.6) is 11.6 Å². The van der Waals surface area contributed by atoms with Gasteiger partial charge in [-0.2, -0.15) is 4.76 Å². The van der Waals surface area contributed by atoms with Crippen LogP contribution in [0.2, 0.25) is 5.02 Å². The van der Waals surface area contributed by atoms with Gasteiger partial charge in [-0.25, -0.2) is 12.8 Å². The number of nitrogens with one attached hydrogen (secondary N) is 2. The number of aromatic nitrogens is 1. The SMILES string of the molecule is COP1(=O)N=C(c2c(O)c(C(C)(C)C)n(Cc3ccc(F)c(Cl)c3)c2O)Nc2ccc(NS(C)(=O)=O)cc21. The Kier molecular flexibility index (Phi) is 7.07. The molecule has 1 aliphatic rings. The molecule has 204 valence electrons. The van der Waals surface area contributed by atoms with Crippen molar-refractivity contribution in [3.05, 3.63) is 64.1 Å². The van der Waals surface area contributed by atoms with Crippen molar-refractivity contribution in [3.63, 3.8) is 0 Å². The molecular weight excluding hydrogens is 558 g/mol. The van der Waals surface area contributed by atoms with Crippen molar-refractivity contribution in [1.29, 1.82) is 0 Å². The van der Waals surface area contributed by atoms with Gasteiger partial charge in [-0.3, -0.25) is 9.29 Å². The number of aromatic hydroxyl groups is 2. The van der Waals surface area contributed by atoms with E-state index in [0.717, 1.165) is 6.26 Å². The minimum absolute atomic E-state index is 0.0400. The van der Waals surface area contributed by atoms with Crippen molar-refractivity contribution in [2.45, 2.75) is 32.7 Å². The molecule has 4 rings (SSSR count). The zero-order chi connectivity index (χ0) is 28.2. The molecule has 0 aliphatic carbocycles. The molecule has 0 spiro atoms. The van der Waals surface area contributed by atoms with Crippen molar-refractivity contribution in [2.24, 2.45) is 4.76 Å². The average Bonchev–Trinajstić information content (AvgIpc) is 3.05. The van der Waals surface area contributed by atoms with Gasteiger partial charge in [0.05, 0.1) is 34.5 Å². The van der Waals surface area contributed by atoms with Crippen LogP contribution >= 0.6 is 19.1 Å². The quantitative estimate of drug-likeness (QED) is 0.306. The molecule has 3 aromatic rings. The molecule has 0 bridgehead atoms. The predicted molar refractivity (Wildman–Crippen MR) is 146 cm³/mol. The fourth-order valence-electron chi connectivity index (χ4n) is 4.28. The van der Waals surface area contributed by atoms with Gasteiger partial charge in [0, 0.05) is 18.2 Å². The molecule has 0 saturated carbocycles. The van der Waals surface area contributed by atoms with Crippen LogP contribution in [0.3, 0.4) is 0 Å². The summed E-state index contributed by atoms with van der Waals surface area (Å²) >= 11 is 5.94. The Bertz CT molecular complexity index is 1630. The number of rotatable bonds is 6. The van der Waals surface area contributed by atoms with Gasteiger partial charge < -0.3 is 24.6 Å². The first-order valence-electron chi connectivity index (χ1n) is 11.3. The van der Waals surface area contributed by atoms with Gasteiger partial charge in [-0.1, -0.05) is 38.4 Å². The predicted octanol–water partition coefficient (Wildman–Crippen LogP) is 4.75. The molecule has 2 heterocycles. The summed E-state index contributed by atoms with van der Waals surface area (Å²) in [6, 6.07) is 8.43. The number of hydrogen-bond acceptors (Lipinski definition) is 7. The molecule has 10 nitrogen and oxygen atoms in total. The minimum Gasteiger partial charge on any atom is -0.505 e. The Morgan fingerprint density at radius 1 is 1.21 bits per heavy atom. The van der Waals surface area contributed by atoms with E-state index in [2.05, 4.69) is 14.8 Å². The third-order valence-corrected chi connectivity index (χ3v) is 8.65. The summed E-state index contributed by atoms with van der Waals surface area (Å²) in [5.74, 6) is -1.37. The zero-order valence-corrected chi connectivity index (χ0v) is 23.7. The van der Waals surface area contributed by atoms with Crippen LogP contribution < -0.4 is 15.3 Å². The van der Waals surface area contributed by atoms with Crippen LogP contribution in [0.15, 0.2) is 41.2 Å². The maximum Gasteiger partial charge on any atom is 0.348 e. The third-order valence-electron chi connectivity index (χ3n) is 5.82. The summed E-state index contributed by atoms with van der Waals surface area (Å²) in [5.41, 5.74) is 0.580. The highest BCUT2D eigenvalue weighted by Gasteiger charge is 2.38. The Balaban J connectivity index is 1.86. The first-order valence-corrected chi connectivity index (χ1v) is 15.1. The van der Waals surface area contributed by atoms with Gasteiger partial charge in [0.25, 0.3) is 0 Å².